The molecule has 19 heteroatoms. The van der Waals surface area contributed by atoms with Crippen LogP contribution in [0.1, 0.15) is 258 Å². The molecule has 3 rings (SSSR count). The summed E-state index contributed by atoms with van der Waals surface area (Å²) in [5.74, 6) is -0.286. The zero-order valence-electron chi connectivity index (χ0n) is 59.5. The Hall–Kier alpha value is -3.29. The monoisotopic (exact) mass is 1370 g/mol. The molecule has 0 radical (unpaired) electrons. The Kier molecular flexibility index (Phi) is 52.8. The predicted octanol–water partition coefficient (Wildman–Crippen LogP) is 11.6. The molecule has 3 aliphatic heterocycles. The summed E-state index contributed by atoms with van der Waals surface area (Å²) in [4.78, 5) is 13.4. The van der Waals surface area contributed by atoms with Crippen LogP contribution in [-0.2, 0) is 33.2 Å². The van der Waals surface area contributed by atoms with E-state index in [1.807, 2.05) is 6.08 Å². The van der Waals surface area contributed by atoms with Gasteiger partial charge in [-0.3, -0.25) is 4.79 Å². The smallest absolute Gasteiger partial charge is 0.220 e. The SMILES string of the molecule is CC/C=C\C/C=C\C/C=C\C/C=C\C/C=C\C/C=C\CCCCCCCCCCCCCCCCCCCCC(=O)NC(COC1OC(CO)C(OC2OC(CO)C(OC3OC(CO)C(O)C(O)C3O)C(O)C2O)C(O)C1O)C(O)/C=C/CC/C=C/CCCCCCCCCCC. The van der Waals surface area contributed by atoms with Crippen LogP contribution < -0.4 is 5.32 Å². The molecular formula is C78H135NO18. The van der Waals surface area contributed by atoms with E-state index < -0.39 is 124 Å². The van der Waals surface area contributed by atoms with Gasteiger partial charge in [-0.25, -0.2) is 0 Å². The summed E-state index contributed by atoms with van der Waals surface area (Å²) in [5, 5.41) is 121. The van der Waals surface area contributed by atoms with Gasteiger partial charge in [-0.05, 0) is 83.5 Å². The molecule has 19 nitrogen and oxygen atoms in total. The summed E-state index contributed by atoms with van der Waals surface area (Å²) in [6, 6.07) is -0.993. The van der Waals surface area contributed by atoms with Crippen molar-refractivity contribution in [2.24, 2.45) is 0 Å². The zero-order valence-corrected chi connectivity index (χ0v) is 59.5. The molecule has 0 aliphatic carbocycles. The summed E-state index contributed by atoms with van der Waals surface area (Å²) < 4.78 is 34.3. The number of amides is 1. The number of aliphatic hydroxyl groups is 11. The van der Waals surface area contributed by atoms with Gasteiger partial charge in [-0.1, -0.05) is 265 Å². The molecule has 3 fully saturated rings. The molecular weight excluding hydrogens is 1240 g/mol. The lowest BCUT2D eigenvalue weighted by molar-refractivity contribution is -0.379. The molecule has 12 N–H and O–H groups in total. The largest absolute Gasteiger partial charge is 0.394 e. The predicted molar refractivity (Wildman–Crippen MR) is 383 cm³/mol. The van der Waals surface area contributed by atoms with E-state index in [4.69, 9.17) is 28.4 Å². The number of aliphatic hydroxyl groups excluding tert-OH is 11. The highest BCUT2D eigenvalue weighted by Gasteiger charge is 2.53. The first-order chi connectivity index (χ1) is 47.3. The Bertz CT molecular complexity index is 2130. The van der Waals surface area contributed by atoms with Crippen molar-refractivity contribution in [3.05, 3.63) is 97.2 Å². The number of allylic oxidation sites excluding steroid dienone is 15. The summed E-state index contributed by atoms with van der Waals surface area (Å²) in [6.07, 6.45) is 51.2. The molecule has 97 heavy (non-hydrogen) atoms. The summed E-state index contributed by atoms with van der Waals surface area (Å²) >= 11 is 0. The average Bonchev–Trinajstić information content (AvgIpc) is 0.789. The lowest BCUT2D eigenvalue weighted by Gasteiger charge is -2.48. The van der Waals surface area contributed by atoms with Crippen LogP contribution in [0.2, 0.25) is 0 Å². The minimum absolute atomic E-state index is 0.233. The Morgan fingerprint density at radius 2 is 0.722 bits per heavy atom. The minimum Gasteiger partial charge on any atom is -0.394 e. The van der Waals surface area contributed by atoms with Crippen LogP contribution in [0, 0.1) is 0 Å². The van der Waals surface area contributed by atoms with Gasteiger partial charge in [0.25, 0.3) is 0 Å². The zero-order chi connectivity index (χ0) is 70.4. The number of carbonyl (C=O) groups excluding carboxylic acids is 1. The van der Waals surface area contributed by atoms with E-state index in [0.29, 0.717) is 12.8 Å². The van der Waals surface area contributed by atoms with Gasteiger partial charge in [0, 0.05) is 6.42 Å². The van der Waals surface area contributed by atoms with Crippen LogP contribution in [0.3, 0.4) is 0 Å². The molecule has 560 valence electrons. The molecule has 17 unspecified atom stereocenters. The Morgan fingerprint density at radius 3 is 1.15 bits per heavy atom. The third-order valence-electron chi connectivity index (χ3n) is 18.4. The fourth-order valence-corrected chi connectivity index (χ4v) is 12.3. The molecule has 0 saturated carbocycles. The third kappa shape index (κ3) is 39.1. The number of ether oxygens (including phenoxy) is 6. The quantitative estimate of drug-likeness (QED) is 0.0199. The van der Waals surface area contributed by atoms with Gasteiger partial charge in [0.2, 0.25) is 5.91 Å². The van der Waals surface area contributed by atoms with E-state index in [1.54, 1.807) is 6.08 Å². The highest BCUT2D eigenvalue weighted by Crippen LogP contribution is 2.33. The van der Waals surface area contributed by atoms with Crippen LogP contribution in [0.4, 0.5) is 0 Å². The first kappa shape index (κ1) is 87.9. The van der Waals surface area contributed by atoms with Crippen molar-refractivity contribution in [3.63, 3.8) is 0 Å². The van der Waals surface area contributed by atoms with Gasteiger partial charge in [-0.2, -0.15) is 0 Å². The molecule has 17 atom stereocenters. The maximum absolute atomic E-state index is 13.4. The summed E-state index contributed by atoms with van der Waals surface area (Å²) in [7, 11) is 0. The van der Waals surface area contributed by atoms with Crippen LogP contribution in [0.15, 0.2) is 97.2 Å². The van der Waals surface area contributed by atoms with Gasteiger partial charge in [0.05, 0.1) is 38.6 Å². The Balaban J connectivity index is 1.33. The number of rotatable bonds is 58. The van der Waals surface area contributed by atoms with Crippen molar-refractivity contribution in [2.45, 2.75) is 362 Å². The molecule has 3 aliphatic rings. The standard InChI is InChI=1S/C78H135NO18/c1-3-5-7-9-11-13-15-17-19-20-21-22-23-24-25-26-27-28-29-30-31-32-33-34-35-36-37-38-39-40-42-44-46-48-50-52-54-56-66(84)79-61(62(83)55-53-51-49-47-45-43-41-18-16-14-12-10-8-6-4-2)60-92-76-72(90)69(87)74(64(58-81)94-76)97-78-73(91)70(88)75(65(59-82)95-78)96-77-71(89)68(86)67(85)63(57-80)93-77/h5,7,11,13,17,19,21-22,24-25,27-28,45,47,53,55,61-65,67-78,80-83,85-91H,3-4,6,8-10,12,14-16,18,20,23,26,29-44,46,48-52,54,56-60H2,1-2H3,(H,79,84)/b7-5-,13-11-,19-17-,22-21-,25-24-,28-27-,47-45+,55-53+. The second kappa shape index (κ2) is 58.2. The number of unbranched alkanes of at least 4 members (excludes halogenated alkanes) is 28. The molecule has 0 aromatic rings. The highest BCUT2D eigenvalue weighted by atomic mass is 16.8. The Morgan fingerprint density at radius 1 is 0.381 bits per heavy atom. The van der Waals surface area contributed by atoms with E-state index >= 15 is 0 Å². The van der Waals surface area contributed by atoms with Gasteiger partial charge in [-0.15, -0.1) is 0 Å². The first-order valence-corrected chi connectivity index (χ1v) is 38.0. The van der Waals surface area contributed by atoms with E-state index in [2.05, 4.69) is 104 Å². The maximum atomic E-state index is 13.4. The van der Waals surface area contributed by atoms with Crippen LogP contribution in [0.25, 0.3) is 0 Å². The van der Waals surface area contributed by atoms with Gasteiger partial charge in [0.15, 0.2) is 18.9 Å². The van der Waals surface area contributed by atoms with Crippen molar-refractivity contribution in [3.8, 4) is 0 Å². The van der Waals surface area contributed by atoms with Crippen molar-refractivity contribution in [2.75, 3.05) is 26.4 Å². The van der Waals surface area contributed by atoms with Crippen LogP contribution >= 0.6 is 0 Å². The molecule has 3 heterocycles. The van der Waals surface area contributed by atoms with Crippen molar-refractivity contribution >= 4 is 5.91 Å². The first-order valence-electron chi connectivity index (χ1n) is 38.0. The molecule has 0 bridgehead atoms. The second-order valence-electron chi connectivity index (χ2n) is 26.7. The minimum atomic E-state index is -1.98. The molecule has 3 saturated heterocycles. The van der Waals surface area contributed by atoms with Gasteiger partial charge in [0.1, 0.15) is 73.2 Å². The van der Waals surface area contributed by atoms with E-state index in [0.717, 1.165) is 77.0 Å². The molecule has 0 aromatic carbocycles. The van der Waals surface area contributed by atoms with Gasteiger partial charge >= 0.3 is 0 Å². The molecule has 0 aromatic heterocycles. The average molecular weight is 1370 g/mol. The molecule has 1 amide bonds. The van der Waals surface area contributed by atoms with Crippen LogP contribution in [-0.4, -0.2) is 193 Å². The maximum Gasteiger partial charge on any atom is 0.220 e. The molecule has 0 spiro atoms. The van der Waals surface area contributed by atoms with Crippen molar-refractivity contribution < 1.29 is 89.4 Å². The van der Waals surface area contributed by atoms with Crippen molar-refractivity contribution in [1.29, 1.82) is 0 Å². The summed E-state index contributed by atoms with van der Waals surface area (Å²) in [5.41, 5.74) is 0. The highest BCUT2D eigenvalue weighted by molar-refractivity contribution is 5.76. The fourth-order valence-electron chi connectivity index (χ4n) is 12.3. The fraction of sp³-hybridized carbons (Fsp3) is 0.782. The van der Waals surface area contributed by atoms with Crippen molar-refractivity contribution in [1.82, 2.24) is 5.32 Å². The third-order valence-corrected chi connectivity index (χ3v) is 18.4. The van der Waals surface area contributed by atoms with E-state index in [1.165, 1.54) is 148 Å². The van der Waals surface area contributed by atoms with Crippen LogP contribution in [0.5, 0.6) is 0 Å². The second-order valence-corrected chi connectivity index (χ2v) is 26.7. The lowest BCUT2D eigenvalue weighted by atomic mass is 9.96. The normalized spacial score (nSPS) is 27.5. The summed E-state index contributed by atoms with van der Waals surface area (Å²) in [6.45, 7) is 1.60. The Labute approximate surface area is 583 Å². The number of hydrogen-bond donors (Lipinski definition) is 12. The number of carbonyl (C=O) groups is 1. The number of nitrogens with one attached hydrogen (secondary N) is 1. The lowest BCUT2D eigenvalue weighted by Crippen LogP contribution is -2.66. The van der Waals surface area contributed by atoms with E-state index in [9.17, 15) is 61.0 Å². The van der Waals surface area contributed by atoms with Gasteiger partial charge < -0.3 is 89.9 Å². The topological polar surface area (TPSA) is 307 Å². The number of hydrogen-bond acceptors (Lipinski definition) is 18. The van der Waals surface area contributed by atoms with E-state index in [-0.39, 0.29) is 18.9 Å².